The Morgan fingerprint density at radius 1 is 1.71 bits per heavy atom. The molecule has 17 heavy (non-hydrogen) atoms. The Labute approximate surface area is 102 Å². The normalized spacial score (nSPS) is 12.1. The lowest BCUT2D eigenvalue weighted by molar-refractivity contribution is -0.148. The first-order valence-electron chi connectivity index (χ1n) is 4.76. The van der Waals surface area contributed by atoms with Crippen LogP contribution in [0.3, 0.4) is 0 Å². The fourth-order valence-corrected chi connectivity index (χ4v) is 1.71. The predicted molar refractivity (Wildman–Crippen MR) is 60.8 cm³/mol. The molecule has 1 heterocycles. The third kappa shape index (κ3) is 3.77. The van der Waals surface area contributed by atoms with E-state index in [2.05, 4.69) is 15.0 Å². The number of methoxy groups -OCH3 is 1. The first-order chi connectivity index (χ1) is 8.08. The third-order valence-corrected chi connectivity index (χ3v) is 2.84. The van der Waals surface area contributed by atoms with E-state index in [-0.39, 0.29) is 18.8 Å². The van der Waals surface area contributed by atoms with Crippen LogP contribution in [0, 0.1) is 0 Å². The summed E-state index contributed by atoms with van der Waals surface area (Å²) in [5.41, 5.74) is 5.60. The number of thiazole rings is 1. The van der Waals surface area contributed by atoms with Crippen molar-refractivity contribution in [1.82, 2.24) is 10.3 Å². The SMILES string of the molecule is COC(CNC(=O)c1csc(CN)n1)C(=O)O. The first-order valence-corrected chi connectivity index (χ1v) is 5.64. The molecule has 1 unspecified atom stereocenters. The molecule has 0 saturated carbocycles. The van der Waals surface area contributed by atoms with E-state index in [9.17, 15) is 9.59 Å². The molecular weight excluding hydrogens is 246 g/mol. The largest absolute Gasteiger partial charge is 0.479 e. The molecule has 0 radical (unpaired) electrons. The highest BCUT2D eigenvalue weighted by atomic mass is 32.1. The highest BCUT2D eigenvalue weighted by Crippen LogP contribution is 2.08. The third-order valence-electron chi connectivity index (χ3n) is 1.97. The van der Waals surface area contributed by atoms with Crippen molar-refractivity contribution in [2.24, 2.45) is 5.73 Å². The van der Waals surface area contributed by atoms with Gasteiger partial charge in [-0.2, -0.15) is 0 Å². The van der Waals surface area contributed by atoms with Crippen LogP contribution in [0.25, 0.3) is 0 Å². The number of nitrogens with one attached hydrogen (secondary N) is 1. The number of hydrogen-bond donors (Lipinski definition) is 3. The molecule has 0 aliphatic carbocycles. The molecule has 0 spiro atoms. The average molecular weight is 259 g/mol. The molecule has 0 saturated heterocycles. The van der Waals surface area contributed by atoms with Crippen molar-refractivity contribution in [3.05, 3.63) is 16.1 Å². The number of rotatable bonds is 6. The second-order valence-corrected chi connectivity index (χ2v) is 4.05. The number of hydrogen-bond acceptors (Lipinski definition) is 6. The minimum absolute atomic E-state index is 0.111. The molecule has 0 aliphatic rings. The Kier molecular flexibility index (Phi) is 5.01. The minimum atomic E-state index is -1.13. The standard InChI is InChI=1S/C9H13N3O4S/c1-16-6(9(14)15)3-11-8(13)5-4-17-7(2-10)12-5/h4,6H,2-3,10H2,1H3,(H,11,13)(H,14,15). The van der Waals surface area contributed by atoms with E-state index in [0.717, 1.165) is 0 Å². The molecule has 0 aliphatic heterocycles. The van der Waals surface area contributed by atoms with Gasteiger partial charge in [0.25, 0.3) is 5.91 Å². The Hall–Kier alpha value is -1.51. The molecule has 0 aromatic carbocycles. The van der Waals surface area contributed by atoms with Crippen LogP contribution in [0.1, 0.15) is 15.5 Å². The van der Waals surface area contributed by atoms with Crippen molar-refractivity contribution in [3.8, 4) is 0 Å². The summed E-state index contributed by atoms with van der Waals surface area (Å²) in [6.07, 6.45) is -1.06. The maximum absolute atomic E-state index is 11.6. The van der Waals surface area contributed by atoms with Gasteiger partial charge in [-0.15, -0.1) is 11.3 Å². The van der Waals surface area contributed by atoms with Crippen LogP contribution in [-0.2, 0) is 16.1 Å². The van der Waals surface area contributed by atoms with Crippen LogP contribution in [-0.4, -0.2) is 41.7 Å². The average Bonchev–Trinajstić information content (AvgIpc) is 2.77. The number of aliphatic carboxylic acids is 1. The van der Waals surface area contributed by atoms with E-state index in [0.29, 0.717) is 5.01 Å². The van der Waals surface area contributed by atoms with Crippen molar-refractivity contribution < 1.29 is 19.4 Å². The fraction of sp³-hybridized carbons (Fsp3) is 0.444. The van der Waals surface area contributed by atoms with Gasteiger partial charge in [0.05, 0.1) is 6.54 Å². The summed E-state index contributed by atoms with van der Waals surface area (Å²) in [4.78, 5) is 26.2. The molecular formula is C9H13N3O4S. The van der Waals surface area contributed by atoms with E-state index in [1.54, 1.807) is 5.38 Å². The second kappa shape index (κ2) is 6.28. The summed E-state index contributed by atoms with van der Waals surface area (Å²) in [6, 6.07) is 0. The summed E-state index contributed by atoms with van der Waals surface area (Å²) < 4.78 is 4.67. The van der Waals surface area contributed by atoms with Crippen LogP contribution >= 0.6 is 11.3 Å². The number of aromatic nitrogens is 1. The predicted octanol–water partition coefficient (Wildman–Crippen LogP) is -0.569. The smallest absolute Gasteiger partial charge is 0.334 e. The van der Waals surface area contributed by atoms with Crippen molar-refractivity contribution in [3.63, 3.8) is 0 Å². The zero-order chi connectivity index (χ0) is 12.8. The number of nitrogens with zero attached hydrogens (tertiary/aromatic N) is 1. The monoisotopic (exact) mass is 259 g/mol. The summed E-state index contributed by atoms with van der Waals surface area (Å²) in [7, 11) is 1.26. The van der Waals surface area contributed by atoms with Gasteiger partial charge in [0.2, 0.25) is 0 Å². The van der Waals surface area contributed by atoms with Gasteiger partial charge in [0.15, 0.2) is 6.10 Å². The summed E-state index contributed by atoms with van der Waals surface area (Å²) >= 11 is 1.28. The number of carboxylic acid groups (broad SMARTS) is 1. The van der Waals surface area contributed by atoms with Crippen LogP contribution < -0.4 is 11.1 Å². The van der Waals surface area contributed by atoms with Crippen LogP contribution in [0.4, 0.5) is 0 Å². The highest BCUT2D eigenvalue weighted by Gasteiger charge is 2.18. The van der Waals surface area contributed by atoms with Gasteiger partial charge in [0.1, 0.15) is 10.7 Å². The van der Waals surface area contributed by atoms with Gasteiger partial charge in [-0.1, -0.05) is 0 Å². The topological polar surface area (TPSA) is 115 Å². The maximum atomic E-state index is 11.6. The lowest BCUT2D eigenvalue weighted by Crippen LogP contribution is -2.37. The van der Waals surface area contributed by atoms with Crippen molar-refractivity contribution in [1.29, 1.82) is 0 Å². The summed E-state index contributed by atoms with van der Waals surface area (Å²) in [5, 5.41) is 13.3. The van der Waals surface area contributed by atoms with Crippen LogP contribution in [0.5, 0.6) is 0 Å². The van der Waals surface area contributed by atoms with Gasteiger partial charge in [-0.3, -0.25) is 4.79 Å². The van der Waals surface area contributed by atoms with Crippen LogP contribution in [0.15, 0.2) is 5.38 Å². The second-order valence-electron chi connectivity index (χ2n) is 3.10. The molecule has 0 bridgehead atoms. The van der Waals surface area contributed by atoms with Gasteiger partial charge >= 0.3 is 5.97 Å². The number of carboxylic acids is 1. The number of carbonyl (C=O) groups is 2. The van der Waals surface area contributed by atoms with E-state index >= 15 is 0 Å². The number of nitrogens with two attached hydrogens (primary N) is 1. The molecule has 4 N–H and O–H groups in total. The quantitative estimate of drug-likeness (QED) is 0.630. The Morgan fingerprint density at radius 3 is 2.88 bits per heavy atom. The molecule has 1 amide bonds. The molecule has 94 valence electrons. The van der Waals surface area contributed by atoms with Gasteiger partial charge in [0, 0.05) is 19.0 Å². The Bertz CT molecular complexity index is 407. The molecule has 8 heteroatoms. The highest BCUT2D eigenvalue weighted by molar-refractivity contribution is 7.09. The molecule has 1 atom stereocenters. The van der Waals surface area contributed by atoms with E-state index in [4.69, 9.17) is 10.8 Å². The van der Waals surface area contributed by atoms with Crippen molar-refractivity contribution >= 4 is 23.2 Å². The zero-order valence-corrected chi connectivity index (χ0v) is 9.99. The molecule has 1 aromatic heterocycles. The molecule has 1 rings (SSSR count). The van der Waals surface area contributed by atoms with Gasteiger partial charge < -0.3 is 20.9 Å². The summed E-state index contributed by atoms with van der Waals surface area (Å²) in [6.45, 7) is 0.161. The Balaban J connectivity index is 2.52. The van der Waals surface area contributed by atoms with Crippen molar-refractivity contribution in [2.45, 2.75) is 12.6 Å². The fourth-order valence-electron chi connectivity index (χ4n) is 1.06. The summed E-state index contributed by atoms with van der Waals surface area (Å²) in [5.74, 6) is -1.57. The zero-order valence-electron chi connectivity index (χ0n) is 9.17. The molecule has 0 fully saturated rings. The van der Waals surface area contributed by atoms with E-state index in [1.807, 2.05) is 0 Å². The Morgan fingerprint density at radius 2 is 2.41 bits per heavy atom. The molecule has 7 nitrogen and oxygen atoms in total. The van der Waals surface area contributed by atoms with Gasteiger partial charge in [-0.25, -0.2) is 9.78 Å². The van der Waals surface area contributed by atoms with Crippen LogP contribution in [0.2, 0.25) is 0 Å². The first kappa shape index (κ1) is 13.6. The minimum Gasteiger partial charge on any atom is -0.479 e. The van der Waals surface area contributed by atoms with E-state index in [1.165, 1.54) is 18.4 Å². The van der Waals surface area contributed by atoms with Gasteiger partial charge in [-0.05, 0) is 0 Å². The number of ether oxygens (including phenoxy) is 1. The van der Waals surface area contributed by atoms with Crippen molar-refractivity contribution in [2.75, 3.05) is 13.7 Å². The molecule has 1 aromatic rings. The lowest BCUT2D eigenvalue weighted by atomic mass is 10.3. The lowest BCUT2D eigenvalue weighted by Gasteiger charge is -2.10. The maximum Gasteiger partial charge on any atom is 0.334 e. The van der Waals surface area contributed by atoms with E-state index < -0.39 is 18.0 Å². The number of carbonyl (C=O) groups excluding carboxylic acids is 1. The number of amides is 1.